The van der Waals surface area contributed by atoms with Crippen molar-refractivity contribution in [2.75, 3.05) is 5.88 Å². The zero-order chi connectivity index (χ0) is 14.1. The van der Waals surface area contributed by atoms with Gasteiger partial charge >= 0.3 is 0 Å². The third kappa shape index (κ3) is 2.65. The second-order valence-electron chi connectivity index (χ2n) is 4.74. The molecule has 0 saturated heterocycles. The summed E-state index contributed by atoms with van der Waals surface area (Å²) in [6.07, 6.45) is 0.790. The molecule has 0 aliphatic heterocycles. The molecule has 5 heteroatoms. The van der Waals surface area contributed by atoms with Gasteiger partial charge in [0.2, 0.25) is 0 Å². The number of halogens is 2. The normalized spacial score (nSPS) is 11.3. The smallest absolute Gasteiger partial charge is 0.111 e. The molecule has 0 amide bonds. The van der Waals surface area contributed by atoms with Crippen molar-refractivity contribution in [2.45, 2.75) is 19.9 Å². The quantitative estimate of drug-likeness (QED) is 0.592. The summed E-state index contributed by atoms with van der Waals surface area (Å²) >= 11 is 11.3. The van der Waals surface area contributed by atoms with E-state index in [9.17, 15) is 0 Å². The van der Waals surface area contributed by atoms with Crippen molar-refractivity contribution in [3.8, 4) is 0 Å². The van der Waals surface area contributed by atoms with E-state index < -0.39 is 0 Å². The summed E-state index contributed by atoms with van der Waals surface area (Å²) in [5.41, 5.74) is 3.46. The first-order valence-electron chi connectivity index (χ1n) is 6.42. The molecule has 1 aromatic carbocycles. The largest absolute Gasteiger partial charge is 0.323 e. The Bertz CT molecular complexity index is 747. The van der Waals surface area contributed by atoms with E-state index in [2.05, 4.69) is 57.1 Å². The van der Waals surface area contributed by atoms with E-state index >= 15 is 0 Å². The molecule has 0 aliphatic carbocycles. The van der Waals surface area contributed by atoms with E-state index in [1.165, 1.54) is 16.0 Å². The fourth-order valence-corrected chi connectivity index (χ4v) is 3.96. The van der Waals surface area contributed by atoms with Crippen LogP contribution in [-0.4, -0.2) is 15.4 Å². The van der Waals surface area contributed by atoms with Gasteiger partial charge in [0.1, 0.15) is 5.82 Å². The Labute approximate surface area is 135 Å². The first kappa shape index (κ1) is 14.1. The van der Waals surface area contributed by atoms with Crippen LogP contribution in [0.3, 0.4) is 0 Å². The lowest BCUT2D eigenvalue weighted by molar-refractivity contribution is 0.761. The zero-order valence-corrected chi connectivity index (χ0v) is 14.2. The predicted molar refractivity (Wildman–Crippen MR) is 90.0 cm³/mol. The van der Waals surface area contributed by atoms with Gasteiger partial charge in [-0.05, 0) is 52.0 Å². The second kappa shape index (κ2) is 5.88. The summed E-state index contributed by atoms with van der Waals surface area (Å²) in [4.78, 5) is 6.05. The number of aryl methyl sites for hydroxylation is 2. The lowest BCUT2D eigenvalue weighted by Gasteiger charge is -2.08. The number of rotatable bonds is 4. The predicted octanol–water partition coefficient (Wildman–Crippen LogP) is 5.00. The molecule has 20 heavy (non-hydrogen) atoms. The van der Waals surface area contributed by atoms with Crippen molar-refractivity contribution in [3.63, 3.8) is 0 Å². The van der Waals surface area contributed by atoms with E-state index in [4.69, 9.17) is 16.6 Å². The SMILES string of the molecule is Cc1ccc2c(c1)nc(CCCl)n2Cc1sccc1Br. The molecule has 0 radical (unpaired) electrons. The highest BCUT2D eigenvalue weighted by Gasteiger charge is 2.12. The third-order valence-electron chi connectivity index (χ3n) is 3.29. The van der Waals surface area contributed by atoms with Crippen LogP contribution < -0.4 is 0 Å². The second-order valence-corrected chi connectivity index (χ2v) is 6.97. The number of fused-ring (bicyclic) bond motifs is 1. The Morgan fingerprint density at radius 3 is 2.90 bits per heavy atom. The highest BCUT2D eigenvalue weighted by molar-refractivity contribution is 9.10. The summed E-state index contributed by atoms with van der Waals surface area (Å²) in [5, 5.41) is 2.10. The monoisotopic (exact) mass is 368 g/mol. The van der Waals surface area contributed by atoms with Gasteiger partial charge in [0, 0.05) is 21.7 Å². The third-order valence-corrected chi connectivity index (χ3v) is 5.39. The summed E-state index contributed by atoms with van der Waals surface area (Å²) < 4.78 is 3.43. The van der Waals surface area contributed by atoms with Crippen LogP contribution >= 0.6 is 38.9 Å². The summed E-state index contributed by atoms with van der Waals surface area (Å²) in [6, 6.07) is 8.50. The molecular formula is C15H14BrClN2S. The Hall–Kier alpha value is -0.840. The molecule has 0 aliphatic rings. The molecule has 104 valence electrons. The molecule has 0 N–H and O–H groups in total. The van der Waals surface area contributed by atoms with Crippen molar-refractivity contribution in [1.82, 2.24) is 9.55 Å². The molecule has 0 atom stereocenters. The van der Waals surface area contributed by atoms with Gasteiger partial charge in [-0.15, -0.1) is 22.9 Å². The Kier molecular flexibility index (Phi) is 4.15. The first-order chi connectivity index (χ1) is 9.69. The minimum Gasteiger partial charge on any atom is -0.323 e. The molecule has 3 aromatic rings. The van der Waals surface area contributed by atoms with Crippen LogP contribution in [0.1, 0.15) is 16.3 Å². The van der Waals surface area contributed by atoms with E-state index in [0.29, 0.717) is 5.88 Å². The van der Waals surface area contributed by atoms with E-state index in [1.807, 2.05) is 0 Å². The Morgan fingerprint density at radius 2 is 2.20 bits per heavy atom. The molecule has 0 unspecified atom stereocenters. The van der Waals surface area contributed by atoms with Crippen molar-refractivity contribution < 1.29 is 0 Å². The van der Waals surface area contributed by atoms with Crippen LogP contribution in [0.5, 0.6) is 0 Å². The number of hydrogen-bond donors (Lipinski definition) is 0. The van der Waals surface area contributed by atoms with Crippen molar-refractivity contribution in [2.24, 2.45) is 0 Å². The van der Waals surface area contributed by atoms with Crippen molar-refractivity contribution >= 4 is 49.9 Å². The van der Waals surface area contributed by atoms with E-state index in [-0.39, 0.29) is 0 Å². The van der Waals surface area contributed by atoms with Crippen LogP contribution in [0.25, 0.3) is 11.0 Å². The van der Waals surface area contributed by atoms with E-state index in [1.54, 1.807) is 11.3 Å². The highest BCUT2D eigenvalue weighted by atomic mass is 79.9. The Morgan fingerprint density at radius 1 is 1.35 bits per heavy atom. The minimum atomic E-state index is 0.591. The van der Waals surface area contributed by atoms with Crippen LogP contribution in [-0.2, 0) is 13.0 Å². The van der Waals surface area contributed by atoms with Gasteiger partial charge in [0.05, 0.1) is 17.6 Å². The van der Waals surface area contributed by atoms with Gasteiger partial charge in [-0.2, -0.15) is 0 Å². The molecule has 2 aromatic heterocycles. The number of alkyl halides is 1. The summed E-state index contributed by atoms with van der Waals surface area (Å²) in [7, 11) is 0. The van der Waals surface area contributed by atoms with Crippen LogP contribution in [0.4, 0.5) is 0 Å². The van der Waals surface area contributed by atoms with Crippen molar-refractivity contribution in [3.05, 3.63) is 50.4 Å². The number of benzene rings is 1. The maximum absolute atomic E-state index is 5.92. The lowest BCUT2D eigenvalue weighted by Crippen LogP contribution is -2.05. The molecule has 2 heterocycles. The number of aromatic nitrogens is 2. The molecule has 0 spiro atoms. The van der Waals surface area contributed by atoms with Gasteiger partial charge in [0.25, 0.3) is 0 Å². The highest BCUT2D eigenvalue weighted by Crippen LogP contribution is 2.26. The molecule has 0 fully saturated rings. The van der Waals surface area contributed by atoms with Crippen molar-refractivity contribution in [1.29, 1.82) is 0 Å². The minimum absolute atomic E-state index is 0.591. The van der Waals surface area contributed by atoms with Crippen LogP contribution in [0, 0.1) is 6.92 Å². The molecule has 2 nitrogen and oxygen atoms in total. The molecular weight excluding hydrogens is 356 g/mol. The van der Waals surface area contributed by atoms with Crippen LogP contribution in [0.2, 0.25) is 0 Å². The molecule has 0 bridgehead atoms. The topological polar surface area (TPSA) is 17.8 Å². The number of nitrogens with zero attached hydrogens (tertiary/aromatic N) is 2. The molecule has 3 rings (SSSR count). The fraction of sp³-hybridized carbons (Fsp3) is 0.267. The Balaban J connectivity index is 2.11. The fourth-order valence-electron chi connectivity index (χ4n) is 2.32. The van der Waals surface area contributed by atoms with Gasteiger partial charge in [0.15, 0.2) is 0 Å². The average Bonchev–Trinajstić information content (AvgIpc) is 2.96. The van der Waals surface area contributed by atoms with E-state index in [0.717, 1.165) is 28.8 Å². The van der Waals surface area contributed by atoms with Gasteiger partial charge in [-0.25, -0.2) is 4.98 Å². The van der Waals surface area contributed by atoms with Gasteiger partial charge in [-0.1, -0.05) is 6.07 Å². The zero-order valence-electron chi connectivity index (χ0n) is 11.1. The first-order valence-corrected chi connectivity index (χ1v) is 8.63. The summed E-state index contributed by atoms with van der Waals surface area (Å²) in [6.45, 7) is 2.93. The van der Waals surface area contributed by atoms with Gasteiger partial charge < -0.3 is 4.57 Å². The van der Waals surface area contributed by atoms with Gasteiger partial charge in [-0.3, -0.25) is 0 Å². The lowest BCUT2D eigenvalue weighted by atomic mass is 10.2. The standard InChI is InChI=1S/C15H14BrClN2S/c1-10-2-3-13-12(8-10)18-15(4-6-17)19(13)9-14-11(16)5-7-20-14/h2-3,5,7-8H,4,6,9H2,1H3. The maximum Gasteiger partial charge on any atom is 0.111 e. The molecule has 0 saturated carbocycles. The van der Waals surface area contributed by atoms with Crippen LogP contribution in [0.15, 0.2) is 34.1 Å². The number of thiophene rings is 1. The summed E-state index contributed by atoms with van der Waals surface area (Å²) in [5.74, 6) is 1.65. The number of imidazole rings is 1. The average molecular weight is 370 g/mol. The number of hydrogen-bond acceptors (Lipinski definition) is 2. The maximum atomic E-state index is 5.92.